The van der Waals surface area contributed by atoms with E-state index >= 15 is 0 Å². The van der Waals surface area contributed by atoms with Crippen LogP contribution >= 0.6 is 0 Å². The van der Waals surface area contributed by atoms with Crippen LogP contribution in [0.15, 0.2) is 0 Å². The molecule has 4 nitrogen and oxygen atoms in total. The van der Waals surface area contributed by atoms with E-state index in [1.54, 1.807) is 4.90 Å². The van der Waals surface area contributed by atoms with E-state index in [1.807, 2.05) is 7.05 Å². The summed E-state index contributed by atoms with van der Waals surface area (Å²) in [5.74, 6) is 0.144. The highest BCUT2D eigenvalue weighted by Gasteiger charge is 2.44. The lowest BCUT2D eigenvalue weighted by molar-refractivity contribution is -0.172. The fourth-order valence-electron chi connectivity index (χ4n) is 2.07. The van der Waals surface area contributed by atoms with Gasteiger partial charge in [-0.15, -0.1) is 0 Å². The van der Waals surface area contributed by atoms with Crippen LogP contribution in [0, 0.1) is 0 Å². The molecule has 13 heavy (non-hydrogen) atoms. The highest BCUT2D eigenvalue weighted by molar-refractivity contribution is 5.86. The Balaban J connectivity index is 2.14. The van der Waals surface area contributed by atoms with Crippen molar-refractivity contribution in [3.05, 3.63) is 0 Å². The molecule has 2 rings (SSSR count). The van der Waals surface area contributed by atoms with Crippen LogP contribution in [0.2, 0.25) is 0 Å². The number of amides is 1. The van der Waals surface area contributed by atoms with Crippen LogP contribution in [-0.4, -0.2) is 49.7 Å². The van der Waals surface area contributed by atoms with Gasteiger partial charge in [-0.25, -0.2) is 0 Å². The molecule has 0 aromatic heterocycles. The van der Waals surface area contributed by atoms with Crippen molar-refractivity contribution >= 4 is 5.91 Å². The number of carbonyl (C=O) groups is 1. The van der Waals surface area contributed by atoms with Crippen molar-refractivity contribution in [2.45, 2.75) is 18.4 Å². The summed E-state index contributed by atoms with van der Waals surface area (Å²) in [6, 6.07) is 0. The number of hydrogen-bond acceptors (Lipinski definition) is 3. The van der Waals surface area contributed by atoms with Crippen LogP contribution in [0.25, 0.3) is 0 Å². The second kappa shape index (κ2) is 3.27. The van der Waals surface area contributed by atoms with Gasteiger partial charge in [-0.2, -0.15) is 0 Å². The van der Waals surface area contributed by atoms with E-state index in [2.05, 4.69) is 5.32 Å². The maximum Gasteiger partial charge on any atom is 0.255 e. The van der Waals surface area contributed by atoms with Crippen molar-refractivity contribution in [2.24, 2.45) is 0 Å². The maximum atomic E-state index is 11.9. The van der Waals surface area contributed by atoms with Gasteiger partial charge in [0.05, 0.1) is 6.61 Å². The van der Waals surface area contributed by atoms with Gasteiger partial charge >= 0.3 is 0 Å². The number of likely N-dealkylation sites (N-methyl/N-ethyl adjacent to an activating group) is 1. The average Bonchev–Trinajstić information content (AvgIpc) is 2.16. The highest BCUT2D eigenvalue weighted by atomic mass is 16.5. The maximum absolute atomic E-state index is 11.9. The first kappa shape index (κ1) is 8.97. The molecule has 1 N–H and O–H groups in total. The summed E-state index contributed by atoms with van der Waals surface area (Å²) >= 11 is 0. The zero-order valence-electron chi connectivity index (χ0n) is 8.01. The third kappa shape index (κ3) is 1.44. The lowest BCUT2D eigenvalue weighted by Gasteiger charge is -2.42. The zero-order valence-corrected chi connectivity index (χ0v) is 8.01. The summed E-state index contributed by atoms with van der Waals surface area (Å²) < 4.78 is 5.64. The normalized spacial score (nSPS) is 35.5. The van der Waals surface area contributed by atoms with Crippen LogP contribution in [-0.2, 0) is 9.53 Å². The van der Waals surface area contributed by atoms with Crippen LogP contribution in [0.4, 0.5) is 0 Å². The predicted octanol–water partition coefficient (Wildman–Crippen LogP) is -0.403. The van der Waals surface area contributed by atoms with Crippen LogP contribution < -0.4 is 5.32 Å². The minimum absolute atomic E-state index is 0.144. The minimum atomic E-state index is -0.536. The molecular formula is C9H16N2O2. The average molecular weight is 184 g/mol. The van der Waals surface area contributed by atoms with Crippen molar-refractivity contribution < 1.29 is 9.53 Å². The smallest absolute Gasteiger partial charge is 0.255 e. The van der Waals surface area contributed by atoms with Gasteiger partial charge in [-0.1, -0.05) is 0 Å². The number of hydrogen-bond donors (Lipinski definition) is 1. The molecule has 0 bridgehead atoms. The number of nitrogens with one attached hydrogen (secondary N) is 1. The number of piperidine rings is 1. The first-order valence-corrected chi connectivity index (χ1v) is 4.85. The molecule has 4 heteroatoms. The van der Waals surface area contributed by atoms with E-state index < -0.39 is 5.60 Å². The van der Waals surface area contributed by atoms with Gasteiger partial charge in [0, 0.05) is 20.1 Å². The molecule has 1 atom stereocenters. The van der Waals surface area contributed by atoms with Crippen LogP contribution in [0.5, 0.6) is 0 Å². The molecule has 2 aliphatic rings. The Morgan fingerprint density at radius 1 is 1.62 bits per heavy atom. The van der Waals surface area contributed by atoms with E-state index in [4.69, 9.17) is 4.74 Å². The molecule has 0 radical (unpaired) electrons. The van der Waals surface area contributed by atoms with Gasteiger partial charge in [-0.3, -0.25) is 4.79 Å². The number of ether oxygens (including phenoxy) is 1. The quantitative estimate of drug-likeness (QED) is 0.557. The molecule has 2 saturated heterocycles. The standard InChI is InChI=1S/C9H16N2O2/c1-11-5-6-13-9(8(11)12)3-2-4-10-7-9/h10H,2-7H2,1H3. The topological polar surface area (TPSA) is 41.6 Å². The number of nitrogens with zero attached hydrogens (tertiary/aromatic N) is 1. The summed E-state index contributed by atoms with van der Waals surface area (Å²) in [7, 11) is 1.85. The van der Waals surface area contributed by atoms with Crippen molar-refractivity contribution in [3.8, 4) is 0 Å². The summed E-state index contributed by atoms with van der Waals surface area (Å²) in [6.45, 7) is 3.07. The number of rotatable bonds is 0. The fourth-order valence-corrected chi connectivity index (χ4v) is 2.07. The van der Waals surface area contributed by atoms with E-state index in [1.165, 1.54) is 0 Å². The Morgan fingerprint density at radius 3 is 3.15 bits per heavy atom. The summed E-state index contributed by atoms with van der Waals surface area (Å²) in [5.41, 5.74) is -0.536. The van der Waals surface area contributed by atoms with Crippen molar-refractivity contribution in [2.75, 3.05) is 33.3 Å². The largest absolute Gasteiger partial charge is 0.362 e. The third-order valence-electron chi connectivity index (χ3n) is 2.89. The molecular weight excluding hydrogens is 168 g/mol. The van der Waals surface area contributed by atoms with Gasteiger partial charge in [0.15, 0.2) is 5.60 Å². The SMILES string of the molecule is CN1CCOC2(CCCNC2)C1=O. The predicted molar refractivity (Wildman–Crippen MR) is 48.4 cm³/mol. The first-order chi connectivity index (χ1) is 6.25. The Hall–Kier alpha value is -0.610. The molecule has 2 aliphatic heterocycles. The lowest BCUT2D eigenvalue weighted by Crippen LogP contribution is -2.61. The zero-order chi connectivity index (χ0) is 9.31. The first-order valence-electron chi connectivity index (χ1n) is 4.85. The summed E-state index contributed by atoms with van der Waals surface area (Å²) in [5, 5.41) is 3.22. The molecule has 0 aliphatic carbocycles. The summed E-state index contributed by atoms with van der Waals surface area (Å²) in [4.78, 5) is 13.6. The van der Waals surface area contributed by atoms with E-state index in [-0.39, 0.29) is 5.91 Å². The van der Waals surface area contributed by atoms with Gasteiger partial charge < -0.3 is 15.0 Å². The van der Waals surface area contributed by atoms with Crippen molar-refractivity contribution in [1.29, 1.82) is 0 Å². The Kier molecular flexibility index (Phi) is 2.26. The molecule has 1 amide bonds. The van der Waals surface area contributed by atoms with Gasteiger partial charge in [-0.05, 0) is 19.4 Å². The Bertz CT molecular complexity index is 206. The molecule has 0 saturated carbocycles. The fraction of sp³-hybridized carbons (Fsp3) is 0.889. The number of carbonyl (C=O) groups excluding carboxylic acids is 1. The van der Waals surface area contributed by atoms with E-state index in [0.29, 0.717) is 13.2 Å². The molecule has 2 fully saturated rings. The monoisotopic (exact) mass is 184 g/mol. The molecule has 1 spiro atoms. The third-order valence-corrected chi connectivity index (χ3v) is 2.89. The molecule has 2 heterocycles. The number of morpholine rings is 1. The van der Waals surface area contributed by atoms with Gasteiger partial charge in [0.2, 0.25) is 0 Å². The van der Waals surface area contributed by atoms with Crippen molar-refractivity contribution in [1.82, 2.24) is 10.2 Å². The molecule has 74 valence electrons. The van der Waals surface area contributed by atoms with Gasteiger partial charge in [0.25, 0.3) is 5.91 Å². The summed E-state index contributed by atoms with van der Waals surface area (Å²) in [6.07, 6.45) is 1.89. The minimum Gasteiger partial charge on any atom is -0.362 e. The molecule has 0 aromatic rings. The molecule has 0 aromatic carbocycles. The van der Waals surface area contributed by atoms with Crippen LogP contribution in [0.1, 0.15) is 12.8 Å². The Morgan fingerprint density at radius 2 is 2.46 bits per heavy atom. The highest BCUT2D eigenvalue weighted by Crippen LogP contribution is 2.25. The Labute approximate surface area is 78.2 Å². The van der Waals surface area contributed by atoms with E-state index in [0.717, 1.165) is 25.9 Å². The van der Waals surface area contributed by atoms with Crippen LogP contribution in [0.3, 0.4) is 0 Å². The van der Waals surface area contributed by atoms with Gasteiger partial charge in [0.1, 0.15) is 0 Å². The molecule has 1 unspecified atom stereocenters. The second-order valence-electron chi connectivity index (χ2n) is 3.85. The van der Waals surface area contributed by atoms with Crippen molar-refractivity contribution in [3.63, 3.8) is 0 Å². The van der Waals surface area contributed by atoms with E-state index in [9.17, 15) is 4.79 Å². The lowest BCUT2D eigenvalue weighted by atomic mass is 9.91. The second-order valence-corrected chi connectivity index (χ2v) is 3.85.